The molecule has 0 saturated heterocycles. The topological polar surface area (TPSA) is 12.0 Å². The fourth-order valence-electron chi connectivity index (χ4n) is 3.50. The van der Waals surface area contributed by atoms with E-state index in [0.29, 0.717) is 5.92 Å². The Kier molecular flexibility index (Phi) is 4.41. The monoisotopic (exact) mass is 303 g/mol. The van der Waals surface area contributed by atoms with Gasteiger partial charge in [0.25, 0.3) is 0 Å². The van der Waals surface area contributed by atoms with Crippen molar-refractivity contribution in [3.8, 4) is 0 Å². The summed E-state index contributed by atoms with van der Waals surface area (Å²) in [6.45, 7) is 5.10. The molecule has 1 heterocycles. The summed E-state index contributed by atoms with van der Waals surface area (Å²) in [7, 11) is 0. The van der Waals surface area contributed by atoms with Gasteiger partial charge in [-0.05, 0) is 73.0 Å². The average molecular weight is 303 g/mol. The van der Waals surface area contributed by atoms with Gasteiger partial charge in [-0.3, -0.25) is 0 Å². The molecule has 0 amide bonds. The minimum Gasteiger partial charge on any atom is -0.310 e. The van der Waals surface area contributed by atoms with Crippen LogP contribution in [0.15, 0.2) is 29.6 Å². The maximum atomic E-state index is 13.7. The maximum Gasteiger partial charge on any atom is 0.123 e. The van der Waals surface area contributed by atoms with Gasteiger partial charge in [0.05, 0.1) is 0 Å². The standard InChI is InChI=1S/C18H22FNS/c1-3-20-18(16-11-13(19)8-7-12(16)2)15-5-4-6-17-14(15)9-10-21-17/h7-11,15,18,20H,3-6H2,1-2H3. The van der Waals surface area contributed by atoms with Crippen molar-refractivity contribution in [3.05, 3.63) is 57.0 Å². The number of thiophene rings is 1. The highest BCUT2D eigenvalue weighted by molar-refractivity contribution is 7.10. The molecule has 3 heteroatoms. The van der Waals surface area contributed by atoms with E-state index in [9.17, 15) is 4.39 Å². The quantitative estimate of drug-likeness (QED) is 0.841. The highest BCUT2D eigenvalue weighted by Gasteiger charge is 2.30. The van der Waals surface area contributed by atoms with Crippen molar-refractivity contribution in [1.82, 2.24) is 5.32 Å². The van der Waals surface area contributed by atoms with E-state index < -0.39 is 0 Å². The summed E-state index contributed by atoms with van der Waals surface area (Å²) < 4.78 is 13.7. The zero-order valence-corrected chi connectivity index (χ0v) is 13.5. The fraction of sp³-hybridized carbons (Fsp3) is 0.444. The predicted molar refractivity (Wildman–Crippen MR) is 87.6 cm³/mol. The van der Waals surface area contributed by atoms with Crippen LogP contribution >= 0.6 is 11.3 Å². The minimum absolute atomic E-state index is 0.139. The number of benzene rings is 1. The van der Waals surface area contributed by atoms with Gasteiger partial charge in [-0.15, -0.1) is 11.3 Å². The van der Waals surface area contributed by atoms with Gasteiger partial charge in [0.1, 0.15) is 5.82 Å². The first-order valence-electron chi connectivity index (χ1n) is 7.76. The van der Waals surface area contributed by atoms with Crippen LogP contribution in [-0.2, 0) is 6.42 Å². The van der Waals surface area contributed by atoms with E-state index in [1.165, 1.54) is 35.3 Å². The average Bonchev–Trinajstić information content (AvgIpc) is 2.96. The van der Waals surface area contributed by atoms with E-state index in [-0.39, 0.29) is 11.9 Å². The second-order valence-electron chi connectivity index (χ2n) is 5.83. The van der Waals surface area contributed by atoms with Crippen molar-refractivity contribution < 1.29 is 4.39 Å². The third-order valence-electron chi connectivity index (χ3n) is 4.50. The lowest BCUT2D eigenvalue weighted by molar-refractivity contribution is 0.408. The summed E-state index contributed by atoms with van der Waals surface area (Å²) >= 11 is 1.87. The summed E-state index contributed by atoms with van der Waals surface area (Å²) in [5, 5.41) is 5.80. The Bertz CT molecular complexity index is 619. The van der Waals surface area contributed by atoms with Gasteiger partial charge >= 0.3 is 0 Å². The zero-order chi connectivity index (χ0) is 14.8. The van der Waals surface area contributed by atoms with Gasteiger partial charge in [-0.25, -0.2) is 4.39 Å². The zero-order valence-electron chi connectivity index (χ0n) is 12.7. The molecule has 112 valence electrons. The number of fused-ring (bicyclic) bond motifs is 1. The van der Waals surface area contributed by atoms with Crippen LogP contribution in [0.1, 0.15) is 53.3 Å². The van der Waals surface area contributed by atoms with E-state index in [1.54, 1.807) is 12.1 Å². The molecule has 2 unspecified atom stereocenters. The molecular formula is C18H22FNS. The summed E-state index contributed by atoms with van der Waals surface area (Å²) in [5.74, 6) is 0.320. The van der Waals surface area contributed by atoms with E-state index in [2.05, 4.69) is 30.6 Å². The van der Waals surface area contributed by atoms with Gasteiger partial charge < -0.3 is 5.32 Å². The van der Waals surface area contributed by atoms with Crippen LogP contribution in [0.5, 0.6) is 0 Å². The molecule has 2 aromatic rings. The molecular weight excluding hydrogens is 281 g/mol. The second-order valence-corrected chi connectivity index (χ2v) is 6.83. The second kappa shape index (κ2) is 6.29. The molecule has 0 saturated carbocycles. The van der Waals surface area contributed by atoms with Crippen molar-refractivity contribution >= 4 is 11.3 Å². The molecule has 0 aliphatic heterocycles. The molecule has 1 aromatic heterocycles. The van der Waals surface area contributed by atoms with E-state index in [0.717, 1.165) is 12.1 Å². The lowest BCUT2D eigenvalue weighted by Gasteiger charge is -2.32. The summed E-state index contributed by atoms with van der Waals surface area (Å²) in [6.07, 6.45) is 3.61. The molecule has 0 fully saturated rings. The maximum absolute atomic E-state index is 13.7. The first-order chi connectivity index (χ1) is 10.2. The van der Waals surface area contributed by atoms with Crippen LogP contribution in [0.4, 0.5) is 4.39 Å². The Morgan fingerprint density at radius 2 is 2.24 bits per heavy atom. The molecule has 0 spiro atoms. The molecule has 21 heavy (non-hydrogen) atoms. The molecule has 1 nitrogen and oxygen atoms in total. The van der Waals surface area contributed by atoms with Crippen LogP contribution in [0.25, 0.3) is 0 Å². The molecule has 3 rings (SSSR count). The van der Waals surface area contributed by atoms with Crippen LogP contribution in [0.2, 0.25) is 0 Å². The van der Waals surface area contributed by atoms with E-state index in [4.69, 9.17) is 0 Å². The third kappa shape index (κ3) is 2.90. The van der Waals surface area contributed by atoms with Crippen molar-refractivity contribution in [2.75, 3.05) is 6.54 Å². The third-order valence-corrected chi connectivity index (χ3v) is 5.50. The molecule has 0 bridgehead atoms. The number of likely N-dealkylation sites (N-methyl/N-ethyl adjacent to an activating group) is 1. The van der Waals surface area contributed by atoms with Crippen molar-refractivity contribution in [1.29, 1.82) is 0 Å². The summed E-state index contributed by atoms with van der Waals surface area (Å²) in [4.78, 5) is 1.52. The van der Waals surface area contributed by atoms with Gasteiger partial charge in [0.15, 0.2) is 0 Å². The highest BCUT2D eigenvalue weighted by Crippen LogP contribution is 2.43. The van der Waals surface area contributed by atoms with Crippen LogP contribution < -0.4 is 5.32 Å². The van der Waals surface area contributed by atoms with Crippen molar-refractivity contribution in [2.45, 2.75) is 45.1 Å². The number of halogens is 1. The Hall–Kier alpha value is -1.19. The lowest BCUT2D eigenvalue weighted by Crippen LogP contribution is -2.29. The number of rotatable bonds is 4. The van der Waals surface area contributed by atoms with Gasteiger partial charge in [0, 0.05) is 16.8 Å². The Morgan fingerprint density at radius 1 is 1.38 bits per heavy atom. The van der Waals surface area contributed by atoms with Gasteiger partial charge in [-0.1, -0.05) is 13.0 Å². The van der Waals surface area contributed by atoms with Crippen molar-refractivity contribution in [2.24, 2.45) is 0 Å². The largest absolute Gasteiger partial charge is 0.310 e. The normalized spacial score (nSPS) is 19.3. The predicted octanol–water partition coefficient (Wildman–Crippen LogP) is 4.97. The Morgan fingerprint density at radius 3 is 3.05 bits per heavy atom. The fourth-order valence-corrected chi connectivity index (χ4v) is 4.50. The first kappa shape index (κ1) is 14.7. The number of hydrogen-bond donors (Lipinski definition) is 1. The SMILES string of the molecule is CCNC(c1cc(F)ccc1C)C1CCCc2sccc21. The molecule has 1 aliphatic carbocycles. The minimum atomic E-state index is -0.139. The lowest BCUT2D eigenvalue weighted by atomic mass is 9.79. The molecule has 1 aromatic carbocycles. The van der Waals surface area contributed by atoms with Crippen LogP contribution in [-0.4, -0.2) is 6.54 Å². The number of aryl methyl sites for hydroxylation is 2. The Balaban J connectivity index is 2.01. The first-order valence-corrected chi connectivity index (χ1v) is 8.64. The molecule has 2 atom stereocenters. The van der Waals surface area contributed by atoms with Gasteiger partial charge in [0.2, 0.25) is 0 Å². The highest BCUT2D eigenvalue weighted by atomic mass is 32.1. The smallest absolute Gasteiger partial charge is 0.123 e. The number of nitrogens with one attached hydrogen (secondary N) is 1. The summed E-state index contributed by atoms with van der Waals surface area (Å²) in [6, 6.07) is 7.64. The van der Waals surface area contributed by atoms with E-state index in [1.807, 2.05) is 17.4 Å². The molecule has 1 N–H and O–H groups in total. The van der Waals surface area contributed by atoms with Crippen LogP contribution in [0.3, 0.4) is 0 Å². The van der Waals surface area contributed by atoms with Crippen molar-refractivity contribution in [3.63, 3.8) is 0 Å². The van der Waals surface area contributed by atoms with Crippen LogP contribution in [0, 0.1) is 12.7 Å². The molecule has 0 radical (unpaired) electrons. The van der Waals surface area contributed by atoms with E-state index >= 15 is 0 Å². The molecule has 1 aliphatic rings. The number of hydrogen-bond acceptors (Lipinski definition) is 2. The summed E-state index contributed by atoms with van der Waals surface area (Å²) in [5.41, 5.74) is 3.76. The van der Waals surface area contributed by atoms with Gasteiger partial charge in [-0.2, -0.15) is 0 Å². The Labute approximate surface area is 130 Å².